The van der Waals surface area contributed by atoms with Crippen LogP contribution >= 0.6 is 0 Å². The highest BCUT2D eigenvalue weighted by molar-refractivity contribution is 6.04. The molecule has 0 aliphatic carbocycles. The number of benzene rings is 1. The molecule has 0 radical (unpaired) electrons. The van der Waals surface area contributed by atoms with Crippen LogP contribution < -0.4 is 21.1 Å². The average molecular weight is 423 g/mol. The molecule has 2 atom stereocenters. The number of hydrogen-bond donors (Lipinski definition) is 3. The molecule has 2 amide bonds. The van der Waals surface area contributed by atoms with Crippen LogP contribution in [0.3, 0.4) is 0 Å². The second kappa shape index (κ2) is 8.33. The summed E-state index contributed by atoms with van der Waals surface area (Å²) in [4.78, 5) is 58.8. The minimum atomic E-state index is -0.957. The van der Waals surface area contributed by atoms with Gasteiger partial charge in [0.05, 0.1) is 11.5 Å². The first kappa shape index (κ1) is 20.8. The first-order valence-electron chi connectivity index (χ1n) is 10.4. The summed E-state index contributed by atoms with van der Waals surface area (Å²) >= 11 is 0. The molecule has 0 spiro atoms. The zero-order valence-corrected chi connectivity index (χ0v) is 17.5. The van der Waals surface area contributed by atoms with Gasteiger partial charge in [0.2, 0.25) is 17.8 Å². The standard InChI is InChI=1S/C22H25N5O4/c1-12-4-3-9-27(11-12)22-25-19-18(21(31)26-22)16(10-17(29)24-19)20(30)23-15-7-5-14(6-8-15)13(2)28/h5-8,12,16H,3-4,9-11H2,1-2H3,(H,23,30)(H2,24,25,26,29,31)/t12-,16+/m0/s1. The van der Waals surface area contributed by atoms with Crippen LogP contribution in [0.25, 0.3) is 0 Å². The van der Waals surface area contributed by atoms with Gasteiger partial charge in [-0.25, -0.2) is 0 Å². The molecule has 31 heavy (non-hydrogen) atoms. The van der Waals surface area contributed by atoms with E-state index in [0.717, 1.165) is 25.9 Å². The Kier molecular flexibility index (Phi) is 5.58. The number of hydrogen-bond acceptors (Lipinski definition) is 6. The summed E-state index contributed by atoms with van der Waals surface area (Å²) in [5.41, 5.74) is 0.739. The molecule has 1 aromatic heterocycles. The van der Waals surface area contributed by atoms with Gasteiger partial charge in [-0.1, -0.05) is 6.92 Å². The first-order valence-corrected chi connectivity index (χ1v) is 10.4. The Labute approximate surface area is 179 Å². The van der Waals surface area contributed by atoms with E-state index in [-0.39, 0.29) is 29.5 Å². The monoisotopic (exact) mass is 423 g/mol. The summed E-state index contributed by atoms with van der Waals surface area (Å²) in [5, 5.41) is 5.37. The maximum absolute atomic E-state index is 12.9. The van der Waals surface area contributed by atoms with Gasteiger partial charge in [-0.3, -0.25) is 24.2 Å². The minimum absolute atomic E-state index is 0.0766. The number of carbonyl (C=O) groups excluding carboxylic acids is 3. The average Bonchev–Trinajstić information content (AvgIpc) is 2.73. The van der Waals surface area contributed by atoms with Gasteiger partial charge in [-0.2, -0.15) is 4.98 Å². The number of nitrogens with one attached hydrogen (secondary N) is 3. The number of aromatic nitrogens is 2. The Morgan fingerprint density at radius 1 is 1.19 bits per heavy atom. The van der Waals surface area contributed by atoms with E-state index in [1.165, 1.54) is 6.92 Å². The summed E-state index contributed by atoms with van der Waals surface area (Å²) in [6, 6.07) is 6.45. The Bertz CT molecular complexity index is 1090. The number of fused-ring (bicyclic) bond motifs is 1. The first-order chi connectivity index (χ1) is 14.8. The normalized spacial score (nSPS) is 20.6. The third kappa shape index (κ3) is 4.35. The third-order valence-corrected chi connectivity index (χ3v) is 5.77. The molecule has 2 aromatic rings. The van der Waals surface area contributed by atoms with Crippen molar-refractivity contribution in [2.24, 2.45) is 5.92 Å². The molecule has 3 heterocycles. The Morgan fingerprint density at radius 2 is 1.94 bits per heavy atom. The molecule has 9 nitrogen and oxygen atoms in total. The Balaban J connectivity index is 1.60. The van der Waals surface area contributed by atoms with Crippen molar-refractivity contribution in [2.45, 2.75) is 39.0 Å². The number of aromatic amines is 1. The van der Waals surface area contributed by atoms with E-state index in [1.807, 2.05) is 4.90 Å². The van der Waals surface area contributed by atoms with Crippen molar-refractivity contribution >= 4 is 35.1 Å². The van der Waals surface area contributed by atoms with Crippen molar-refractivity contribution in [3.05, 3.63) is 45.7 Å². The number of ketones is 1. The molecule has 1 aromatic carbocycles. The van der Waals surface area contributed by atoms with Gasteiger partial charge < -0.3 is 15.5 Å². The van der Waals surface area contributed by atoms with E-state index in [2.05, 4.69) is 27.5 Å². The number of nitrogens with zero attached hydrogens (tertiary/aromatic N) is 2. The van der Waals surface area contributed by atoms with Gasteiger partial charge in [0.25, 0.3) is 5.56 Å². The second-order valence-corrected chi connectivity index (χ2v) is 8.27. The zero-order chi connectivity index (χ0) is 22.1. The topological polar surface area (TPSA) is 124 Å². The van der Waals surface area contributed by atoms with E-state index in [0.29, 0.717) is 23.1 Å². The lowest BCUT2D eigenvalue weighted by Crippen LogP contribution is -2.40. The van der Waals surface area contributed by atoms with Crippen LogP contribution in [0.1, 0.15) is 54.9 Å². The highest BCUT2D eigenvalue weighted by Gasteiger charge is 2.35. The maximum atomic E-state index is 12.9. The number of rotatable bonds is 4. The second-order valence-electron chi connectivity index (χ2n) is 8.27. The predicted molar refractivity (Wildman–Crippen MR) is 117 cm³/mol. The van der Waals surface area contributed by atoms with Gasteiger partial charge in [0, 0.05) is 30.8 Å². The van der Waals surface area contributed by atoms with E-state index < -0.39 is 17.4 Å². The van der Waals surface area contributed by atoms with Crippen molar-refractivity contribution < 1.29 is 14.4 Å². The molecule has 1 fully saturated rings. The fourth-order valence-corrected chi connectivity index (χ4v) is 4.13. The van der Waals surface area contributed by atoms with E-state index >= 15 is 0 Å². The summed E-state index contributed by atoms with van der Waals surface area (Å²) < 4.78 is 0. The van der Waals surface area contributed by atoms with Crippen molar-refractivity contribution in [3.8, 4) is 0 Å². The van der Waals surface area contributed by atoms with Crippen LogP contribution in [0.15, 0.2) is 29.1 Å². The molecule has 1 saturated heterocycles. The molecular formula is C22H25N5O4. The molecule has 0 saturated carbocycles. The number of H-pyrrole nitrogens is 1. The smallest absolute Gasteiger partial charge is 0.258 e. The van der Waals surface area contributed by atoms with Gasteiger partial charge >= 0.3 is 0 Å². The van der Waals surface area contributed by atoms with Crippen molar-refractivity contribution in [1.29, 1.82) is 0 Å². The molecule has 0 bridgehead atoms. The van der Waals surface area contributed by atoms with Gasteiger partial charge in [-0.15, -0.1) is 0 Å². The number of anilines is 3. The largest absolute Gasteiger partial charge is 0.342 e. The van der Waals surface area contributed by atoms with Gasteiger partial charge in [0.15, 0.2) is 5.78 Å². The van der Waals surface area contributed by atoms with E-state index in [1.54, 1.807) is 24.3 Å². The van der Waals surface area contributed by atoms with Crippen LogP contribution in [0.4, 0.5) is 17.5 Å². The van der Waals surface area contributed by atoms with Gasteiger partial charge in [0.1, 0.15) is 5.82 Å². The van der Waals surface area contributed by atoms with Crippen molar-refractivity contribution in [1.82, 2.24) is 9.97 Å². The number of amides is 2. The summed E-state index contributed by atoms with van der Waals surface area (Å²) in [6.07, 6.45) is 1.98. The van der Waals surface area contributed by atoms with Crippen LogP contribution in [0.5, 0.6) is 0 Å². The molecule has 0 unspecified atom stereocenters. The van der Waals surface area contributed by atoms with Crippen molar-refractivity contribution in [2.75, 3.05) is 28.6 Å². The van der Waals surface area contributed by atoms with E-state index in [9.17, 15) is 19.2 Å². The Morgan fingerprint density at radius 3 is 2.61 bits per heavy atom. The van der Waals surface area contributed by atoms with E-state index in [4.69, 9.17) is 0 Å². The zero-order valence-electron chi connectivity index (χ0n) is 17.5. The maximum Gasteiger partial charge on any atom is 0.258 e. The van der Waals surface area contributed by atoms with Crippen LogP contribution in [-0.4, -0.2) is 40.7 Å². The van der Waals surface area contributed by atoms with Crippen LogP contribution in [0, 0.1) is 5.92 Å². The fourth-order valence-electron chi connectivity index (χ4n) is 4.13. The highest BCUT2D eigenvalue weighted by atomic mass is 16.2. The molecule has 3 N–H and O–H groups in total. The lowest BCUT2D eigenvalue weighted by atomic mass is 9.92. The lowest BCUT2D eigenvalue weighted by molar-refractivity contribution is -0.123. The SMILES string of the molecule is CC(=O)c1ccc(NC(=O)[C@@H]2CC(=O)Nc3nc(N4CCC[C@H](C)C4)[nH]c(=O)c32)cc1. The third-order valence-electron chi connectivity index (χ3n) is 5.77. The molecule has 162 valence electrons. The molecule has 9 heteroatoms. The molecule has 2 aliphatic heterocycles. The fraction of sp³-hybridized carbons (Fsp3) is 0.409. The van der Waals surface area contributed by atoms with Gasteiger partial charge in [-0.05, 0) is 49.9 Å². The predicted octanol–water partition coefficient (Wildman–Crippen LogP) is 2.27. The van der Waals surface area contributed by atoms with Crippen LogP contribution in [-0.2, 0) is 9.59 Å². The lowest BCUT2D eigenvalue weighted by Gasteiger charge is -2.32. The minimum Gasteiger partial charge on any atom is -0.342 e. The summed E-state index contributed by atoms with van der Waals surface area (Å²) in [5.74, 6) is -0.836. The molecule has 2 aliphatic rings. The highest BCUT2D eigenvalue weighted by Crippen LogP contribution is 2.31. The summed E-state index contributed by atoms with van der Waals surface area (Å²) in [7, 11) is 0. The summed E-state index contributed by atoms with van der Waals surface area (Å²) in [6.45, 7) is 5.16. The number of piperidine rings is 1. The molecular weight excluding hydrogens is 398 g/mol. The van der Waals surface area contributed by atoms with Crippen LogP contribution in [0.2, 0.25) is 0 Å². The van der Waals surface area contributed by atoms with Crippen molar-refractivity contribution in [3.63, 3.8) is 0 Å². The molecule has 4 rings (SSSR count). The number of Topliss-reactive ketones (excluding diaryl/α,β-unsaturated/α-hetero) is 1. The quantitative estimate of drug-likeness (QED) is 0.648. The Hall–Kier alpha value is -3.49. The number of carbonyl (C=O) groups is 3.